The van der Waals surface area contributed by atoms with Crippen molar-refractivity contribution in [3.05, 3.63) is 36.2 Å². The van der Waals surface area contributed by atoms with Crippen molar-refractivity contribution >= 4 is 11.4 Å². The van der Waals surface area contributed by atoms with Crippen molar-refractivity contribution < 1.29 is 9.90 Å². The molecule has 0 bridgehead atoms. The van der Waals surface area contributed by atoms with Crippen LogP contribution in [-0.2, 0) is 0 Å². The van der Waals surface area contributed by atoms with Gasteiger partial charge in [-0.05, 0) is 32.9 Å². The third-order valence-corrected chi connectivity index (χ3v) is 2.90. The lowest BCUT2D eigenvalue weighted by Crippen LogP contribution is -2.42. The average molecular weight is 261 g/mol. The molecule has 102 valence electrons. The van der Waals surface area contributed by atoms with Gasteiger partial charge >= 0.3 is 0 Å². The zero-order valence-electron chi connectivity index (χ0n) is 11.5. The highest BCUT2D eigenvalue weighted by atomic mass is 16.3. The van der Waals surface area contributed by atoms with Crippen LogP contribution < -0.4 is 0 Å². The summed E-state index contributed by atoms with van der Waals surface area (Å²) in [5, 5.41) is 14.0. The zero-order chi connectivity index (χ0) is 14.0. The van der Waals surface area contributed by atoms with E-state index in [0.717, 1.165) is 5.52 Å². The SMILES string of the molecule is CCN(CC(C)(C)O)C(=O)c1cnn2ccccc12. The molecule has 0 saturated carbocycles. The third kappa shape index (κ3) is 2.93. The van der Waals surface area contributed by atoms with Crippen LogP contribution in [0.5, 0.6) is 0 Å². The summed E-state index contributed by atoms with van der Waals surface area (Å²) in [7, 11) is 0. The summed E-state index contributed by atoms with van der Waals surface area (Å²) in [6, 6.07) is 5.60. The van der Waals surface area contributed by atoms with E-state index in [1.54, 1.807) is 35.7 Å². The van der Waals surface area contributed by atoms with Gasteiger partial charge < -0.3 is 10.0 Å². The lowest BCUT2D eigenvalue weighted by Gasteiger charge is -2.27. The molecule has 2 aromatic heterocycles. The van der Waals surface area contributed by atoms with Gasteiger partial charge in [-0.3, -0.25) is 4.79 Å². The second-order valence-electron chi connectivity index (χ2n) is 5.22. The molecular weight excluding hydrogens is 242 g/mol. The Balaban J connectivity index is 2.32. The van der Waals surface area contributed by atoms with E-state index in [2.05, 4.69) is 5.10 Å². The molecule has 1 N–H and O–H groups in total. The number of aromatic nitrogens is 2. The fourth-order valence-electron chi connectivity index (χ4n) is 2.06. The normalized spacial score (nSPS) is 11.8. The molecule has 5 nitrogen and oxygen atoms in total. The maximum atomic E-state index is 12.5. The predicted molar refractivity (Wildman–Crippen MR) is 73.1 cm³/mol. The van der Waals surface area contributed by atoms with E-state index in [0.29, 0.717) is 18.7 Å². The van der Waals surface area contributed by atoms with Gasteiger partial charge in [-0.25, -0.2) is 4.52 Å². The zero-order valence-corrected chi connectivity index (χ0v) is 11.5. The molecule has 2 aromatic rings. The number of carbonyl (C=O) groups is 1. The van der Waals surface area contributed by atoms with E-state index >= 15 is 0 Å². The first-order valence-electron chi connectivity index (χ1n) is 6.36. The van der Waals surface area contributed by atoms with Gasteiger partial charge in [0, 0.05) is 19.3 Å². The van der Waals surface area contributed by atoms with Crippen molar-refractivity contribution in [3.8, 4) is 0 Å². The Morgan fingerprint density at radius 1 is 1.47 bits per heavy atom. The van der Waals surface area contributed by atoms with Crippen LogP contribution in [0.1, 0.15) is 31.1 Å². The number of amides is 1. The molecule has 19 heavy (non-hydrogen) atoms. The van der Waals surface area contributed by atoms with E-state index in [9.17, 15) is 9.90 Å². The van der Waals surface area contributed by atoms with E-state index in [4.69, 9.17) is 0 Å². The molecule has 0 atom stereocenters. The minimum atomic E-state index is -0.908. The van der Waals surface area contributed by atoms with Crippen LogP contribution in [0, 0.1) is 0 Å². The Kier molecular flexibility index (Phi) is 3.57. The van der Waals surface area contributed by atoms with Crippen LogP contribution in [-0.4, -0.2) is 44.2 Å². The highest BCUT2D eigenvalue weighted by molar-refractivity contribution is 6.00. The van der Waals surface area contributed by atoms with Crippen LogP contribution in [0.2, 0.25) is 0 Å². The Bertz CT molecular complexity index is 584. The van der Waals surface area contributed by atoms with Crippen LogP contribution in [0.15, 0.2) is 30.6 Å². The maximum absolute atomic E-state index is 12.5. The van der Waals surface area contributed by atoms with Gasteiger partial charge in [0.1, 0.15) is 0 Å². The molecule has 0 radical (unpaired) electrons. The van der Waals surface area contributed by atoms with Gasteiger partial charge in [0.05, 0.1) is 22.9 Å². The van der Waals surface area contributed by atoms with Crippen LogP contribution in [0.3, 0.4) is 0 Å². The minimum Gasteiger partial charge on any atom is -0.389 e. The first-order valence-corrected chi connectivity index (χ1v) is 6.36. The molecule has 0 aliphatic rings. The third-order valence-electron chi connectivity index (χ3n) is 2.90. The summed E-state index contributed by atoms with van der Waals surface area (Å²) in [5.74, 6) is -0.106. The van der Waals surface area contributed by atoms with Gasteiger partial charge in [0.25, 0.3) is 5.91 Å². The number of nitrogens with zero attached hydrogens (tertiary/aromatic N) is 3. The maximum Gasteiger partial charge on any atom is 0.257 e. The Hall–Kier alpha value is -1.88. The summed E-state index contributed by atoms with van der Waals surface area (Å²) in [6.45, 7) is 6.13. The molecule has 5 heteroatoms. The second kappa shape index (κ2) is 5.01. The molecule has 1 amide bonds. The predicted octanol–water partition coefficient (Wildman–Crippen LogP) is 1.57. The number of hydrogen-bond donors (Lipinski definition) is 1. The largest absolute Gasteiger partial charge is 0.389 e. The van der Waals surface area contributed by atoms with Crippen LogP contribution >= 0.6 is 0 Å². The Labute approximate surface area is 112 Å². The lowest BCUT2D eigenvalue weighted by molar-refractivity contribution is 0.0315. The number of rotatable bonds is 4. The molecule has 0 fully saturated rings. The average Bonchev–Trinajstić information content (AvgIpc) is 2.78. The topological polar surface area (TPSA) is 57.8 Å². The number of aliphatic hydroxyl groups is 1. The van der Waals surface area contributed by atoms with E-state index in [1.807, 2.05) is 25.1 Å². The quantitative estimate of drug-likeness (QED) is 0.908. The van der Waals surface area contributed by atoms with Gasteiger partial charge in [-0.2, -0.15) is 5.10 Å². The number of hydrogen-bond acceptors (Lipinski definition) is 3. The molecule has 2 rings (SSSR count). The summed E-state index contributed by atoms with van der Waals surface area (Å²) in [6.07, 6.45) is 3.38. The number of pyridine rings is 1. The number of fused-ring (bicyclic) bond motifs is 1. The van der Waals surface area contributed by atoms with Gasteiger partial charge in [-0.15, -0.1) is 0 Å². The first-order chi connectivity index (χ1) is 8.92. The van der Waals surface area contributed by atoms with Crippen LogP contribution in [0.25, 0.3) is 5.52 Å². The van der Waals surface area contributed by atoms with E-state index in [1.165, 1.54) is 0 Å². The standard InChI is InChI=1S/C14H19N3O2/c1-4-16(10-14(2,3)19)13(18)11-9-15-17-8-6-5-7-12(11)17/h5-9,19H,4,10H2,1-3H3. The van der Waals surface area contributed by atoms with Gasteiger partial charge in [-0.1, -0.05) is 6.07 Å². The summed E-state index contributed by atoms with van der Waals surface area (Å²) >= 11 is 0. The number of likely N-dealkylation sites (N-methyl/N-ethyl adjacent to an activating group) is 1. The molecule has 0 unspecified atom stereocenters. The summed E-state index contributed by atoms with van der Waals surface area (Å²) < 4.78 is 1.67. The molecular formula is C14H19N3O2. The van der Waals surface area contributed by atoms with Crippen molar-refractivity contribution in [3.63, 3.8) is 0 Å². The lowest BCUT2D eigenvalue weighted by atomic mass is 10.1. The molecule has 2 heterocycles. The number of carbonyl (C=O) groups excluding carboxylic acids is 1. The smallest absolute Gasteiger partial charge is 0.257 e. The first kappa shape index (κ1) is 13.5. The van der Waals surface area contributed by atoms with E-state index in [-0.39, 0.29) is 5.91 Å². The van der Waals surface area contributed by atoms with Crippen molar-refractivity contribution in [2.75, 3.05) is 13.1 Å². The van der Waals surface area contributed by atoms with Gasteiger partial charge in [0.15, 0.2) is 0 Å². The minimum absolute atomic E-state index is 0.106. The fraction of sp³-hybridized carbons (Fsp3) is 0.429. The molecule has 0 aromatic carbocycles. The second-order valence-corrected chi connectivity index (χ2v) is 5.22. The molecule has 0 aliphatic heterocycles. The summed E-state index contributed by atoms with van der Waals surface area (Å²) in [4.78, 5) is 14.1. The Morgan fingerprint density at radius 3 is 2.84 bits per heavy atom. The highest BCUT2D eigenvalue weighted by Gasteiger charge is 2.24. The van der Waals surface area contributed by atoms with Crippen molar-refractivity contribution in [2.24, 2.45) is 0 Å². The highest BCUT2D eigenvalue weighted by Crippen LogP contribution is 2.14. The van der Waals surface area contributed by atoms with Crippen molar-refractivity contribution in [2.45, 2.75) is 26.4 Å². The molecule has 0 saturated heterocycles. The van der Waals surface area contributed by atoms with Crippen molar-refractivity contribution in [1.82, 2.24) is 14.5 Å². The van der Waals surface area contributed by atoms with Gasteiger partial charge in [0.2, 0.25) is 0 Å². The Morgan fingerprint density at radius 2 is 2.21 bits per heavy atom. The van der Waals surface area contributed by atoms with Crippen LogP contribution in [0.4, 0.5) is 0 Å². The fourth-order valence-corrected chi connectivity index (χ4v) is 2.06. The van der Waals surface area contributed by atoms with Crippen molar-refractivity contribution in [1.29, 1.82) is 0 Å². The molecule has 0 spiro atoms. The monoisotopic (exact) mass is 261 g/mol. The molecule has 0 aliphatic carbocycles. The van der Waals surface area contributed by atoms with E-state index < -0.39 is 5.60 Å². The summed E-state index contributed by atoms with van der Waals surface area (Å²) in [5.41, 5.74) is 0.433.